The molecular weight excluding hydrogens is 374 g/mol. The number of piperidine rings is 1. The van der Waals surface area contributed by atoms with E-state index in [2.05, 4.69) is 10.3 Å². The molecule has 6 heteroatoms. The molecule has 0 saturated carbocycles. The molecule has 1 unspecified atom stereocenters. The van der Waals surface area contributed by atoms with Crippen molar-refractivity contribution in [3.05, 3.63) is 70.9 Å². The molecule has 1 aliphatic heterocycles. The molecule has 0 spiro atoms. The van der Waals surface area contributed by atoms with Gasteiger partial charge in [-0.3, -0.25) is 4.79 Å². The number of hydrogen-bond acceptors (Lipinski definition) is 4. The second-order valence-electron chi connectivity index (χ2n) is 7.14. The molecule has 4 rings (SSSR count). The van der Waals surface area contributed by atoms with Gasteiger partial charge in [0.2, 0.25) is 5.88 Å². The molecule has 150 valence electrons. The normalized spacial score (nSPS) is 16.7. The SMILES string of the molecule is CCOc1nccc2c(C(=O)c3c(F)cc(C4CCCCN4)cc3F)cccc12. The van der Waals surface area contributed by atoms with Gasteiger partial charge in [0.1, 0.15) is 11.6 Å². The van der Waals surface area contributed by atoms with Gasteiger partial charge in [0.25, 0.3) is 0 Å². The smallest absolute Gasteiger partial charge is 0.221 e. The number of benzene rings is 2. The van der Waals surface area contributed by atoms with E-state index in [1.54, 1.807) is 24.3 Å². The summed E-state index contributed by atoms with van der Waals surface area (Å²) in [5.74, 6) is -1.98. The summed E-state index contributed by atoms with van der Waals surface area (Å²) in [6.45, 7) is 3.08. The molecule has 1 N–H and O–H groups in total. The lowest BCUT2D eigenvalue weighted by atomic mass is 9.93. The zero-order valence-electron chi connectivity index (χ0n) is 16.2. The number of nitrogens with zero attached hydrogens (tertiary/aromatic N) is 1. The Labute approximate surface area is 167 Å². The van der Waals surface area contributed by atoms with Crippen LogP contribution in [0.5, 0.6) is 5.88 Å². The Morgan fingerprint density at radius 2 is 1.97 bits per heavy atom. The fourth-order valence-corrected chi connectivity index (χ4v) is 3.91. The van der Waals surface area contributed by atoms with Gasteiger partial charge >= 0.3 is 0 Å². The molecular formula is C23H22F2N2O2. The van der Waals surface area contributed by atoms with Gasteiger partial charge in [0.05, 0.1) is 12.2 Å². The average molecular weight is 396 g/mol. The van der Waals surface area contributed by atoms with Crippen LogP contribution >= 0.6 is 0 Å². The van der Waals surface area contributed by atoms with Crippen LogP contribution in [-0.2, 0) is 0 Å². The third-order valence-electron chi connectivity index (χ3n) is 5.30. The number of carbonyl (C=O) groups excluding carboxylic acids is 1. The van der Waals surface area contributed by atoms with E-state index in [0.29, 0.717) is 28.8 Å². The Morgan fingerprint density at radius 1 is 1.17 bits per heavy atom. The van der Waals surface area contributed by atoms with Crippen molar-refractivity contribution in [1.82, 2.24) is 10.3 Å². The van der Waals surface area contributed by atoms with Gasteiger partial charge in [-0.25, -0.2) is 13.8 Å². The van der Waals surface area contributed by atoms with Crippen LogP contribution in [-0.4, -0.2) is 23.9 Å². The standard InChI is InChI=1S/C23H22F2N2O2/c1-2-29-23-17-7-5-6-16(15(17)9-11-27-23)22(28)21-18(24)12-14(13-19(21)25)20-8-3-4-10-26-20/h5-7,9,11-13,20,26H,2-4,8,10H2,1H3. The van der Waals surface area contributed by atoms with Crippen molar-refractivity contribution >= 4 is 16.6 Å². The van der Waals surface area contributed by atoms with E-state index in [1.807, 2.05) is 6.92 Å². The number of carbonyl (C=O) groups is 1. The highest BCUT2D eigenvalue weighted by Crippen LogP contribution is 2.30. The van der Waals surface area contributed by atoms with Gasteiger partial charge in [0, 0.05) is 23.2 Å². The largest absolute Gasteiger partial charge is 0.478 e. The maximum Gasteiger partial charge on any atom is 0.221 e. The van der Waals surface area contributed by atoms with Crippen LogP contribution in [0.4, 0.5) is 8.78 Å². The van der Waals surface area contributed by atoms with Crippen LogP contribution in [0, 0.1) is 11.6 Å². The summed E-state index contributed by atoms with van der Waals surface area (Å²) >= 11 is 0. The van der Waals surface area contributed by atoms with Gasteiger partial charge in [-0.15, -0.1) is 0 Å². The number of aromatic nitrogens is 1. The molecule has 1 aromatic heterocycles. The number of pyridine rings is 1. The van der Waals surface area contributed by atoms with Crippen molar-refractivity contribution in [2.24, 2.45) is 0 Å². The van der Waals surface area contributed by atoms with E-state index >= 15 is 0 Å². The molecule has 0 radical (unpaired) electrons. The molecule has 29 heavy (non-hydrogen) atoms. The zero-order chi connectivity index (χ0) is 20.4. The Bertz CT molecular complexity index is 1040. The first-order valence-corrected chi connectivity index (χ1v) is 9.87. The third-order valence-corrected chi connectivity index (χ3v) is 5.30. The number of rotatable bonds is 5. The van der Waals surface area contributed by atoms with Gasteiger partial charge in [-0.05, 0) is 61.5 Å². The first kappa shape index (κ1) is 19.5. The minimum absolute atomic E-state index is 0.0886. The molecule has 2 aromatic carbocycles. The quantitative estimate of drug-likeness (QED) is 0.620. The summed E-state index contributed by atoms with van der Waals surface area (Å²) in [6.07, 6.45) is 4.41. The lowest BCUT2D eigenvalue weighted by molar-refractivity contribution is 0.103. The maximum absolute atomic E-state index is 14.9. The molecule has 1 fully saturated rings. The number of ether oxygens (including phenoxy) is 1. The summed E-state index contributed by atoms with van der Waals surface area (Å²) in [5, 5.41) is 4.45. The summed E-state index contributed by atoms with van der Waals surface area (Å²) in [4.78, 5) is 17.3. The second-order valence-corrected chi connectivity index (χ2v) is 7.14. The lowest BCUT2D eigenvalue weighted by Gasteiger charge is -2.24. The molecule has 1 atom stereocenters. The first-order valence-electron chi connectivity index (χ1n) is 9.87. The number of ketones is 1. The Balaban J connectivity index is 1.76. The van der Waals surface area contributed by atoms with Crippen LogP contribution in [0.1, 0.15) is 53.7 Å². The fraction of sp³-hybridized carbons (Fsp3) is 0.304. The van der Waals surface area contributed by atoms with Crippen molar-refractivity contribution in [2.75, 3.05) is 13.2 Å². The Morgan fingerprint density at radius 3 is 2.66 bits per heavy atom. The monoisotopic (exact) mass is 396 g/mol. The van der Waals surface area contributed by atoms with E-state index in [-0.39, 0.29) is 11.6 Å². The summed E-state index contributed by atoms with van der Waals surface area (Å²) < 4.78 is 35.3. The Kier molecular flexibility index (Phi) is 5.53. The van der Waals surface area contributed by atoms with E-state index in [0.717, 1.165) is 25.8 Å². The highest BCUT2D eigenvalue weighted by Gasteiger charge is 2.25. The minimum atomic E-state index is -0.839. The van der Waals surface area contributed by atoms with Gasteiger partial charge in [-0.2, -0.15) is 0 Å². The van der Waals surface area contributed by atoms with Crippen LogP contribution < -0.4 is 10.1 Å². The molecule has 0 amide bonds. The first-order chi connectivity index (χ1) is 14.1. The predicted molar refractivity (Wildman–Crippen MR) is 107 cm³/mol. The zero-order valence-corrected chi connectivity index (χ0v) is 16.2. The fourth-order valence-electron chi connectivity index (χ4n) is 3.91. The van der Waals surface area contributed by atoms with Crippen molar-refractivity contribution in [2.45, 2.75) is 32.2 Å². The number of halogens is 2. The average Bonchev–Trinajstić information content (AvgIpc) is 2.74. The maximum atomic E-state index is 14.9. The van der Waals surface area contributed by atoms with Crippen LogP contribution in [0.25, 0.3) is 10.8 Å². The van der Waals surface area contributed by atoms with Crippen molar-refractivity contribution < 1.29 is 18.3 Å². The third kappa shape index (κ3) is 3.72. The summed E-state index contributed by atoms with van der Waals surface area (Å²) in [7, 11) is 0. The van der Waals surface area contributed by atoms with Crippen LogP contribution in [0.15, 0.2) is 42.6 Å². The Hall–Kier alpha value is -2.86. The predicted octanol–water partition coefficient (Wildman–Crippen LogP) is 4.96. The van der Waals surface area contributed by atoms with Crippen molar-refractivity contribution in [3.8, 4) is 5.88 Å². The van der Waals surface area contributed by atoms with E-state index in [4.69, 9.17) is 4.74 Å². The van der Waals surface area contributed by atoms with Crippen molar-refractivity contribution in [1.29, 1.82) is 0 Å². The molecule has 1 saturated heterocycles. The topological polar surface area (TPSA) is 51.2 Å². The van der Waals surface area contributed by atoms with Gasteiger partial charge < -0.3 is 10.1 Å². The number of hydrogen-bond donors (Lipinski definition) is 1. The second kappa shape index (κ2) is 8.25. The molecule has 2 heterocycles. The summed E-state index contributed by atoms with van der Waals surface area (Å²) in [6, 6.07) is 9.12. The number of nitrogens with one attached hydrogen (secondary N) is 1. The van der Waals surface area contributed by atoms with Crippen LogP contribution in [0.2, 0.25) is 0 Å². The molecule has 0 aliphatic carbocycles. The van der Waals surface area contributed by atoms with E-state index < -0.39 is 23.0 Å². The highest BCUT2D eigenvalue weighted by molar-refractivity contribution is 6.17. The summed E-state index contributed by atoms with van der Waals surface area (Å²) in [5.41, 5.74) is 0.219. The number of fused-ring (bicyclic) bond motifs is 1. The molecule has 4 nitrogen and oxygen atoms in total. The van der Waals surface area contributed by atoms with Gasteiger partial charge in [0.15, 0.2) is 5.78 Å². The van der Waals surface area contributed by atoms with Crippen molar-refractivity contribution in [3.63, 3.8) is 0 Å². The lowest BCUT2D eigenvalue weighted by Crippen LogP contribution is -2.27. The van der Waals surface area contributed by atoms with E-state index in [9.17, 15) is 13.6 Å². The van der Waals surface area contributed by atoms with E-state index in [1.165, 1.54) is 18.3 Å². The molecule has 0 bridgehead atoms. The minimum Gasteiger partial charge on any atom is -0.478 e. The van der Waals surface area contributed by atoms with Crippen LogP contribution in [0.3, 0.4) is 0 Å². The van der Waals surface area contributed by atoms with Gasteiger partial charge in [-0.1, -0.05) is 18.6 Å². The highest BCUT2D eigenvalue weighted by atomic mass is 19.1. The molecule has 3 aromatic rings. The molecule has 1 aliphatic rings.